The van der Waals surface area contributed by atoms with E-state index in [-0.39, 0.29) is 17.8 Å². The van der Waals surface area contributed by atoms with Gasteiger partial charge < -0.3 is 15.5 Å². The van der Waals surface area contributed by atoms with Crippen molar-refractivity contribution < 1.29 is 13.2 Å². The summed E-state index contributed by atoms with van der Waals surface area (Å²) >= 11 is 0. The van der Waals surface area contributed by atoms with Gasteiger partial charge in [0.15, 0.2) is 0 Å². The molecule has 0 aliphatic carbocycles. The minimum Gasteiger partial charge on any atom is -0.336 e. The summed E-state index contributed by atoms with van der Waals surface area (Å²) in [4.78, 5) is 13.3. The number of hydrogen-bond acceptors (Lipinski definition) is 4. The third-order valence-electron chi connectivity index (χ3n) is 4.83. The fraction of sp³-hybridized carbons (Fsp3) is 0.923. The van der Waals surface area contributed by atoms with Crippen molar-refractivity contribution >= 4 is 16.1 Å². The summed E-state index contributed by atoms with van der Waals surface area (Å²) in [6, 6.07) is -0.0633. The van der Waals surface area contributed by atoms with Gasteiger partial charge in [-0.3, -0.25) is 0 Å². The molecule has 2 N–H and O–H groups in total. The Bertz CT molecular complexity index is 490. The lowest BCUT2D eigenvalue weighted by molar-refractivity contribution is 0.164. The summed E-state index contributed by atoms with van der Waals surface area (Å²) in [5.74, 6) is 0.767. The predicted molar refractivity (Wildman–Crippen MR) is 79.5 cm³/mol. The molecule has 3 aliphatic rings. The Morgan fingerprint density at radius 3 is 2.71 bits per heavy atom. The van der Waals surface area contributed by atoms with E-state index in [2.05, 4.69) is 10.6 Å². The van der Waals surface area contributed by atoms with E-state index in [1.807, 2.05) is 0 Å². The van der Waals surface area contributed by atoms with Crippen LogP contribution in [0.2, 0.25) is 0 Å². The molecule has 7 nitrogen and oxygen atoms in total. The van der Waals surface area contributed by atoms with Crippen molar-refractivity contribution in [2.24, 2.45) is 5.92 Å². The van der Waals surface area contributed by atoms with Crippen molar-refractivity contribution in [3.63, 3.8) is 0 Å². The Hall–Kier alpha value is -0.860. The number of sulfonamides is 1. The number of piperidine rings is 1. The molecular weight excluding hydrogens is 292 g/mol. The minimum atomic E-state index is -3.19. The maximum Gasteiger partial charge on any atom is 0.317 e. The fourth-order valence-corrected chi connectivity index (χ4v) is 5.09. The molecule has 1 unspecified atom stereocenters. The van der Waals surface area contributed by atoms with Crippen LogP contribution in [-0.4, -0.2) is 74.7 Å². The maximum absolute atomic E-state index is 12.5. The van der Waals surface area contributed by atoms with Gasteiger partial charge in [-0.1, -0.05) is 0 Å². The van der Waals surface area contributed by atoms with Gasteiger partial charge in [-0.2, -0.15) is 4.31 Å². The predicted octanol–water partition coefficient (Wildman–Crippen LogP) is -0.585. The smallest absolute Gasteiger partial charge is 0.317 e. The lowest BCUT2D eigenvalue weighted by atomic mass is 9.96. The molecular formula is C13H24N4O3S. The Kier molecular flexibility index (Phi) is 4.37. The second-order valence-corrected chi connectivity index (χ2v) is 8.28. The van der Waals surface area contributed by atoms with Crippen molar-refractivity contribution in [1.82, 2.24) is 19.8 Å². The standard InChI is InChI=1S/C13H24N4O3S/c18-13-15-9-12-10-16(6-7-17(12)13)21(19,20)8-3-11-1-4-14-5-2-11/h11-12,14H,1-10H2,(H,15,18). The molecule has 3 aliphatic heterocycles. The van der Waals surface area contributed by atoms with Gasteiger partial charge in [0.1, 0.15) is 0 Å². The van der Waals surface area contributed by atoms with Gasteiger partial charge in [-0.25, -0.2) is 13.2 Å². The highest BCUT2D eigenvalue weighted by molar-refractivity contribution is 7.89. The van der Waals surface area contributed by atoms with Crippen LogP contribution in [0.4, 0.5) is 4.79 Å². The molecule has 3 rings (SSSR count). The van der Waals surface area contributed by atoms with E-state index >= 15 is 0 Å². The van der Waals surface area contributed by atoms with Crippen molar-refractivity contribution in [1.29, 1.82) is 0 Å². The molecule has 2 amide bonds. The molecule has 0 aromatic carbocycles. The zero-order valence-electron chi connectivity index (χ0n) is 12.3. The summed E-state index contributed by atoms with van der Waals surface area (Å²) < 4.78 is 26.5. The number of amides is 2. The van der Waals surface area contributed by atoms with Crippen molar-refractivity contribution in [2.45, 2.75) is 25.3 Å². The van der Waals surface area contributed by atoms with Crippen LogP contribution in [0.5, 0.6) is 0 Å². The number of hydrogen-bond donors (Lipinski definition) is 2. The zero-order valence-corrected chi connectivity index (χ0v) is 13.1. The van der Waals surface area contributed by atoms with Crippen LogP contribution in [0.3, 0.4) is 0 Å². The Balaban J connectivity index is 1.54. The van der Waals surface area contributed by atoms with E-state index in [0.717, 1.165) is 32.4 Å². The molecule has 0 aromatic rings. The molecule has 3 heterocycles. The SMILES string of the molecule is O=C1NCC2CN(S(=O)(=O)CCC3CCNCC3)CCN12. The number of nitrogens with one attached hydrogen (secondary N) is 2. The Morgan fingerprint density at radius 1 is 1.19 bits per heavy atom. The zero-order chi connectivity index (χ0) is 14.9. The maximum atomic E-state index is 12.5. The normalized spacial score (nSPS) is 28.5. The summed E-state index contributed by atoms with van der Waals surface area (Å²) in [5.41, 5.74) is 0. The number of nitrogens with zero attached hydrogens (tertiary/aromatic N) is 2. The first-order valence-electron chi connectivity index (χ1n) is 7.79. The van der Waals surface area contributed by atoms with E-state index in [1.165, 1.54) is 0 Å². The first-order valence-corrected chi connectivity index (χ1v) is 9.40. The molecule has 1 atom stereocenters. The number of piperazine rings is 1. The third kappa shape index (κ3) is 3.32. The van der Waals surface area contributed by atoms with E-state index in [0.29, 0.717) is 32.1 Å². The van der Waals surface area contributed by atoms with E-state index in [4.69, 9.17) is 0 Å². The summed E-state index contributed by atoms with van der Waals surface area (Å²) in [5, 5.41) is 6.08. The van der Waals surface area contributed by atoms with Crippen molar-refractivity contribution in [3.8, 4) is 0 Å². The molecule has 3 saturated heterocycles. The third-order valence-corrected chi connectivity index (χ3v) is 6.70. The van der Waals surface area contributed by atoms with Crippen LogP contribution in [0.1, 0.15) is 19.3 Å². The van der Waals surface area contributed by atoms with E-state index < -0.39 is 10.0 Å². The quantitative estimate of drug-likeness (QED) is 0.727. The van der Waals surface area contributed by atoms with Crippen molar-refractivity contribution in [3.05, 3.63) is 0 Å². The highest BCUT2D eigenvalue weighted by atomic mass is 32.2. The van der Waals surface area contributed by atoms with Crippen molar-refractivity contribution in [2.75, 3.05) is 45.0 Å². The van der Waals surface area contributed by atoms with Crippen LogP contribution in [-0.2, 0) is 10.0 Å². The summed E-state index contributed by atoms with van der Waals surface area (Å²) in [7, 11) is -3.19. The topological polar surface area (TPSA) is 81.8 Å². The highest BCUT2D eigenvalue weighted by Gasteiger charge is 2.39. The second-order valence-electron chi connectivity index (χ2n) is 6.19. The van der Waals surface area contributed by atoms with Gasteiger partial charge in [0.25, 0.3) is 0 Å². The number of carbonyl (C=O) groups is 1. The molecule has 0 radical (unpaired) electrons. The van der Waals surface area contributed by atoms with Crippen LogP contribution in [0, 0.1) is 5.92 Å². The summed E-state index contributed by atoms with van der Waals surface area (Å²) in [6.45, 7) is 3.92. The van der Waals surface area contributed by atoms with Gasteiger partial charge in [0.05, 0.1) is 11.8 Å². The number of carbonyl (C=O) groups excluding carboxylic acids is 1. The fourth-order valence-electron chi connectivity index (χ4n) is 3.44. The lowest BCUT2D eigenvalue weighted by Gasteiger charge is -2.35. The molecule has 120 valence electrons. The largest absolute Gasteiger partial charge is 0.336 e. The van der Waals surface area contributed by atoms with Crippen LogP contribution in [0.15, 0.2) is 0 Å². The first kappa shape index (κ1) is 15.1. The number of rotatable bonds is 4. The summed E-state index contributed by atoms with van der Waals surface area (Å²) in [6.07, 6.45) is 2.90. The Labute approximate surface area is 126 Å². The molecule has 3 fully saturated rings. The monoisotopic (exact) mass is 316 g/mol. The van der Waals surface area contributed by atoms with Crippen LogP contribution >= 0.6 is 0 Å². The van der Waals surface area contributed by atoms with E-state index in [1.54, 1.807) is 9.21 Å². The molecule has 0 aromatic heterocycles. The average Bonchev–Trinajstić information content (AvgIpc) is 2.87. The molecule has 0 bridgehead atoms. The van der Waals surface area contributed by atoms with Gasteiger partial charge in [0, 0.05) is 26.2 Å². The van der Waals surface area contributed by atoms with Gasteiger partial charge in [0.2, 0.25) is 10.0 Å². The van der Waals surface area contributed by atoms with Gasteiger partial charge in [-0.05, 0) is 38.3 Å². The van der Waals surface area contributed by atoms with E-state index in [9.17, 15) is 13.2 Å². The lowest BCUT2D eigenvalue weighted by Crippen LogP contribution is -2.54. The van der Waals surface area contributed by atoms with Crippen LogP contribution in [0.25, 0.3) is 0 Å². The molecule has 0 spiro atoms. The number of fused-ring (bicyclic) bond motifs is 1. The Morgan fingerprint density at radius 2 is 1.95 bits per heavy atom. The molecule has 8 heteroatoms. The highest BCUT2D eigenvalue weighted by Crippen LogP contribution is 2.21. The second kappa shape index (κ2) is 6.10. The average molecular weight is 316 g/mol. The number of urea groups is 1. The van der Waals surface area contributed by atoms with Gasteiger partial charge >= 0.3 is 6.03 Å². The first-order chi connectivity index (χ1) is 10.1. The minimum absolute atomic E-state index is 0.0000874. The van der Waals surface area contributed by atoms with Crippen LogP contribution < -0.4 is 10.6 Å². The molecule has 21 heavy (non-hydrogen) atoms. The van der Waals surface area contributed by atoms with Gasteiger partial charge in [-0.15, -0.1) is 0 Å². The molecule has 0 saturated carbocycles.